The Morgan fingerprint density at radius 3 is 2.92 bits per heavy atom. The van der Waals surface area contributed by atoms with Gasteiger partial charge in [-0.1, -0.05) is 12.5 Å². The van der Waals surface area contributed by atoms with Crippen LogP contribution in [-0.2, 0) is 0 Å². The fourth-order valence-electron chi connectivity index (χ4n) is 4.97. The van der Waals surface area contributed by atoms with Gasteiger partial charge in [-0.3, -0.25) is 4.90 Å². The zero-order valence-electron chi connectivity index (χ0n) is 15.0. The van der Waals surface area contributed by atoms with Crippen LogP contribution in [0.1, 0.15) is 58.4 Å². The second-order valence-corrected chi connectivity index (χ2v) is 8.01. The molecule has 0 spiro atoms. The van der Waals surface area contributed by atoms with E-state index < -0.39 is 0 Å². The molecule has 1 aromatic heterocycles. The third kappa shape index (κ3) is 2.99. The summed E-state index contributed by atoms with van der Waals surface area (Å²) in [5.74, 6) is 1.04. The molecule has 2 fully saturated rings. The molecule has 2 aliphatic heterocycles. The normalized spacial score (nSPS) is 25.1. The fourth-order valence-corrected chi connectivity index (χ4v) is 4.97. The number of benzene rings is 1. The van der Waals surface area contributed by atoms with E-state index in [1.165, 1.54) is 80.0 Å². The van der Waals surface area contributed by atoms with E-state index in [0.29, 0.717) is 6.10 Å². The van der Waals surface area contributed by atoms with Crippen molar-refractivity contribution in [1.29, 1.82) is 0 Å². The smallest absolute Gasteiger partial charge is 0.120 e. The van der Waals surface area contributed by atoms with Gasteiger partial charge < -0.3 is 9.72 Å². The van der Waals surface area contributed by atoms with Crippen LogP contribution >= 0.6 is 0 Å². The van der Waals surface area contributed by atoms with Gasteiger partial charge in [0.05, 0.1) is 6.10 Å². The van der Waals surface area contributed by atoms with Gasteiger partial charge in [-0.05, 0) is 75.3 Å². The van der Waals surface area contributed by atoms with Crippen LogP contribution in [0, 0.1) is 0 Å². The molecule has 134 valence electrons. The number of hydrogen-bond acceptors (Lipinski definition) is 2. The van der Waals surface area contributed by atoms with E-state index in [1.807, 2.05) is 0 Å². The predicted octanol–water partition coefficient (Wildman–Crippen LogP) is 5.38. The van der Waals surface area contributed by atoms with Gasteiger partial charge in [0.2, 0.25) is 0 Å². The van der Waals surface area contributed by atoms with Crippen LogP contribution in [0.2, 0.25) is 0 Å². The van der Waals surface area contributed by atoms with Crippen LogP contribution in [0.25, 0.3) is 16.5 Å². The zero-order valence-corrected chi connectivity index (χ0v) is 15.0. The number of ether oxygens (including phenoxy) is 1. The van der Waals surface area contributed by atoms with E-state index in [9.17, 15) is 0 Å². The van der Waals surface area contributed by atoms with Crippen LogP contribution in [0.3, 0.4) is 0 Å². The van der Waals surface area contributed by atoms with Crippen LogP contribution < -0.4 is 4.74 Å². The summed E-state index contributed by atoms with van der Waals surface area (Å²) >= 11 is 0. The average Bonchev–Trinajstić information content (AvgIpc) is 3.28. The van der Waals surface area contributed by atoms with Crippen molar-refractivity contribution in [2.75, 3.05) is 13.1 Å². The molecule has 5 rings (SSSR count). The molecular weight excluding hydrogens is 308 g/mol. The highest BCUT2D eigenvalue weighted by Crippen LogP contribution is 2.36. The summed E-state index contributed by atoms with van der Waals surface area (Å²) in [7, 11) is 0. The largest absolute Gasteiger partial charge is 0.490 e. The SMILES string of the molecule is C1=C(c2c[nH]c3ccc(OC4CCCCC4)cc23)CC2CCCN2C1.[HH]. The molecule has 1 saturated carbocycles. The third-order valence-electron chi connectivity index (χ3n) is 6.38. The van der Waals surface area contributed by atoms with Crippen molar-refractivity contribution >= 4 is 16.5 Å². The van der Waals surface area contributed by atoms with E-state index in [-0.39, 0.29) is 1.43 Å². The van der Waals surface area contributed by atoms with Gasteiger partial charge in [-0.2, -0.15) is 0 Å². The standard InChI is InChI=1S/C22H28N2O.H2/c1-2-6-18(7-3-1)25-19-8-9-22-20(14-19)21(15-23-22)16-10-12-24-11-4-5-17(24)13-16;/h8-10,14-15,17-18,23H,1-7,11-13H2;1H. The summed E-state index contributed by atoms with van der Waals surface area (Å²) in [5.41, 5.74) is 4.13. The monoisotopic (exact) mass is 338 g/mol. The molecule has 1 unspecified atom stereocenters. The molecular formula is C22H30N2O. The lowest BCUT2D eigenvalue weighted by molar-refractivity contribution is 0.155. The number of aromatic nitrogens is 1. The number of H-pyrrole nitrogens is 1. The average molecular weight is 338 g/mol. The Morgan fingerprint density at radius 2 is 2.00 bits per heavy atom. The first-order valence-electron chi connectivity index (χ1n) is 10.1. The molecule has 3 heteroatoms. The van der Waals surface area contributed by atoms with E-state index in [0.717, 1.165) is 18.3 Å². The van der Waals surface area contributed by atoms with E-state index in [2.05, 4.69) is 40.4 Å². The van der Waals surface area contributed by atoms with E-state index >= 15 is 0 Å². The maximum atomic E-state index is 6.30. The molecule has 3 nitrogen and oxygen atoms in total. The number of aromatic amines is 1. The lowest BCUT2D eigenvalue weighted by Gasteiger charge is -2.29. The Bertz CT molecular complexity index is 791. The number of nitrogens with one attached hydrogen (secondary N) is 1. The number of rotatable bonds is 3. The van der Waals surface area contributed by atoms with Crippen molar-refractivity contribution in [3.63, 3.8) is 0 Å². The highest BCUT2D eigenvalue weighted by Gasteiger charge is 2.28. The minimum atomic E-state index is 0. The van der Waals surface area contributed by atoms with Crippen molar-refractivity contribution in [2.45, 2.75) is 63.5 Å². The Kier molecular flexibility index (Phi) is 4.05. The highest BCUT2D eigenvalue weighted by molar-refractivity contribution is 5.93. The molecule has 1 atom stereocenters. The van der Waals surface area contributed by atoms with Gasteiger partial charge in [-0.15, -0.1) is 0 Å². The van der Waals surface area contributed by atoms with E-state index in [1.54, 1.807) is 0 Å². The van der Waals surface area contributed by atoms with Crippen molar-refractivity contribution in [3.8, 4) is 5.75 Å². The topological polar surface area (TPSA) is 28.3 Å². The van der Waals surface area contributed by atoms with Crippen LogP contribution in [0.15, 0.2) is 30.5 Å². The Labute approximate surface area is 151 Å². The number of hydrogen-bond donors (Lipinski definition) is 1. The van der Waals surface area contributed by atoms with Gasteiger partial charge >= 0.3 is 0 Å². The van der Waals surface area contributed by atoms with Crippen molar-refractivity contribution in [2.24, 2.45) is 0 Å². The number of fused-ring (bicyclic) bond motifs is 2. The minimum absolute atomic E-state index is 0. The molecule has 1 aromatic carbocycles. The fraction of sp³-hybridized carbons (Fsp3) is 0.545. The second kappa shape index (κ2) is 6.53. The Hall–Kier alpha value is -1.74. The van der Waals surface area contributed by atoms with Gasteiger partial charge in [0.15, 0.2) is 0 Å². The molecule has 0 bridgehead atoms. The summed E-state index contributed by atoms with van der Waals surface area (Å²) in [5, 5.41) is 1.33. The summed E-state index contributed by atoms with van der Waals surface area (Å²) in [6.07, 6.45) is 15.4. The highest BCUT2D eigenvalue weighted by atomic mass is 16.5. The molecule has 25 heavy (non-hydrogen) atoms. The lowest BCUT2D eigenvalue weighted by Crippen LogP contribution is -2.32. The molecule has 2 aromatic rings. The first-order valence-corrected chi connectivity index (χ1v) is 10.1. The van der Waals surface area contributed by atoms with Crippen molar-refractivity contribution < 1.29 is 6.16 Å². The lowest BCUT2D eigenvalue weighted by atomic mass is 9.94. The maximum Gasteiger partial charge on any atom is 0.120 e. The first-order chi connectivity index (χ1) is 12.4. The zero-order chi connectivity index (χ0) is 16.6. The second-order valence-electron chi connectivity index (χ2n) is 8.01. The molecule has 1 saturated heterocycles. The maximum absolute atomic E-state index is 6.30. The molecule has 1 N–H and O–H groups in total. The molecule has 3 aliphatic rings. The molecule has 1 aliphatic carbocycles. The van der Waals surface area contributed by atoms with E-state index in [4.69, 9.17) is 4.74 Å². The van der Waals surface area contributed by atoms with Crippen LogP contribution in [-0.4, -0.2) is 35.1 Å². The molecule has 0 amide bonds. The van der Waals surface area contributed by atoms with Crippen LogP contribution in [0.5, 0.6) is 5.75 Å². The quantitative estimate of drug-likeness (QED) is 0.814. The van der Waals surface area contributed by atoms with Gasteiger partial charge in [-0.25, -0.2) is 0 Å². The Balaban J connectivity index is 0.00000168. The summed E-state index contributed by atoms with van der Waals surface area (Å²) in [6.45, 7) is 2.40. The van der Waals surface area contributed by atoms with Crippen molar-refractivity contribution in [3.05, 3.63) is 36.0 Å². The van der Waals surface area contributed by atoms with Gasteiger partial charge in [0, 0.05) is 36.7 Å². The predicted molar refractivity (Wildman–Crippen MR) is 105 cm³/mol. The summed E-state index contributed by atoms with van der Waals surface area (Å²) in [6, 6.07) is 7.33. The minimum Gasteiger partial charge on any atom is -0.490 e. The summed E-state index contributed by atoms with van der Waals surface area (Å²) in [4.78, 5) is 6.10. The number of nitrogens with zero attached hydrogens (tertiary/aromatic N) is 1. The van der Waals surface area contributed by atoms with Crippen molar-refractivity contribution in [1.82, 2.24) is 9.88 Å². The molecule has 0 radical (unpaired) electrons. The first kappa shape index (κ1) is 15.5. The van der Waals surface area contributed by atoms with Gasteiger partial charge in [0.1, 0.15) is 5.75 Å². The van der Waals surface area contributed by atoms with Gasteiger partial charge in [0.25, 0.3) is 0 Å². The Morgan fingerprint density at radius 1 is 1.08 bits per heavy atom. The summed E-state index contributed by atoms with van der Waals surface area (Å²) < 4.78 is 6.30. The van der Waals surface area contributed by atoms with Crippen LogP contribution in [0.4, 0.5) is 0 Å². The third-order valence-corrected chi connectivity index (χ3v) is 6.38. The molecule has 3 heterocycles.